The van der Waals surface area contributed by atoms with E-state index in [1.54, 1.807) is 13.8 Å². The molecular weight excluding hydrogens is 231 g/mol. The smallest absolute Gasteiger partial charge is 0.747 e. The van der Waals surface area contributed by atoms with E-state index in [0.29, 0.717) is 0 Å². The fourth-order valence-electron chi connectivity index (χ4n) is 1.69. The van der Waals surface area contributed by atoms with Gasteiger partial charge in [-0.2, -0.15) is 0 Å². The molecule has 0 amide bonds. The Morgan fingerprint density at radius 2 is 1.53 bits per heavy atom. The third-order valence-corrected chi connectivity index (χ3v) is 3.28. The van der Waals surface area contributed by atoms with Gasteiger partial charge in [-0.15, -0.1) is 0 Å². The van der Waals surface area contributed by atoms with E-state index in [9.17, 15) is 22.6 Å². The van der Waals surface area contributed by atoms with Crippen LogP contribution in [0.1, 0.15) is 26.7 Å². The summed E-state index contributed by atoms with van der Waals surface area (Å²) >= 11 is 0. The monoisotopic (exact) mass is 242 g/mol. The fourth-order valence-corrected chi connectivity index (χ4v) is 2.50. The zero-order valence-electron chi connectivity index (χ0n) is 8.94. The van der Waals surface area contributed by atoms with E-state index in [1.165, 1.54) is 0 Å². The molecule has 0 bridgehead atoms. The minimum absolute atomic E-state index is 0. The van der Waals surface area contributed by atoms with Gasteiger partial charge in [-0.3, -0.25) is 9.59 Å². The van der Waals surface area contributed by atoms with Gasteiger partial charge < -0.3 is 4.55 Å². The van der Waals surface area contributed by atoms with Crippen molar-refractivity contribution in [2.45, 2.75) is 31.9 Å². The second kappa shape index (κ2) is 4.63. The van der Waals surface area contributed by atoms with Crippen LogP contribution in [-0.2, 0) is 19.7 Å². The zero-order chi connectivity index (χ0) is 11.1. The van der Waals surface area contributed by atoms with Crippen LogP contribution in [0.2, 0.25) is 0 Å². The van der Waals surface area contributed by atoms with Crippen molar-refractivity contribution < 1.29 is 52.1 Å². The summed E-state index contributed by atoms with van der Waals surface area (Å²) < 4.78 is 31.9. The summed E-state index contributed by atoms with van der Waals surface area (Å²) in [6.45, 7) is 3.38. The minimum Gasteiger partial charge on any atom is -0.747 e. The molecule has 0 radical (unpaired) electrons. The molecular formula is C8H11NaO5S. The summed E-state index contributed by atoms with van der Waals surface area (Å²) in [5, 5.41) is -1.96. The summed E-state index contributed by atoms with van der Waals surface area (Å²) in [6, 6.07) is 0. The third kappa shape index (κ3) is 3.64. The normalized spacial score (nSPS) is 22.3. The van der Waals surface area contributed by atoms with E-state index < -0.39 is 32.3 Å². The van der Waals surface area contributed by atoms with Crippen molar-refractivity contribution in [3.63, 3.8) is 0 Å². The van der Waals surface area contributed by atoms with Gasteiger partial charge in [-0.25, -0.2) is 8.42 Å². The van der Waals surface area contributed by atoms with Crippen LogP contribution in [0.4, 0.5) is 0 Å². The molecule has 0 aromatic carbocycles. The molecule has 1 saturated carbocycles. The molecule has 0 aromatic heterocycles. The largest absolute Gasteiger partial charge is 1.00 e. The predicted molar refractivity (Wildman–Crippen MR) is 46.5 cm³/mol. The van der Waals surface area contributed by atoms with Crippen LogP contribution in [0.5, 0.6) is 0 Å². The first-order valence-corrected chi connectivity index (χ1v) is 5.61. The Labute approximate surface area is 111 Å². The van der Waals surface area contributed by atoms with Crippen molar-refractivity contribution in [3.05, 3.63) is 0 Å². The molecule has 0 unspecified atom stereocenters. The first-order chi connectivity index (χ1) is 6.13. The van der Waals surface area contributed by atoms with Crippen molar-refractivity contribution >= 4 is 21.7 Å². The number of hydrogen-bond donors (Lipinski definition) is 0. The summed E-state index contributed by atoms with van der Waals surface area (Å²) in [5.41, 5.74) is -0.532. The maximum atomic E-state index is 11.3. The van der Waals surface area contributed by atoms with E-state index >= 15 is 0 Å². The second-order valence-corrected chi connectivity index (χ2v) is 5.78. The standard InChI is InChI=1S/C8H12O5S.Na/c1-8(2)3-5(9)7(6(10)4-8)14(11,12)13;/h7H,3-4H2,1-2H3,(H,11,12,13);/q;+1/p-1. The quantitative estimate of drug-likeness (QED) is 0.275. The first kappa shape index (κ1) is 15.2. The van der Waals surface area contributed by atoms with Crippen LogP contribution < -0.4 is 29.6 Å². The Hall–Kier alpha value is 0.250. The molecule has 7 heteroatoms. The average Bonchev–Trinajstić information content (AvgIpc) is 1.75. The van der Waals surface area contributed by atoms with E-state index in [0.717, 1.165) is 0 Å². The van der Waals surface area contributed by atoms with Crippen LogP contribution in [0.3, 0.4) is 0 Å². The van der Waals surface area contributed by atoms with Crippen molar-refractivity contribution in [1.29, 1.82) is 0 Å². The van der Waals surface area contributed by atoms with Gasteiger partial charge in [0, 0.05) is 12.8 Å². The molecule has 80 valence electrons. The number of carbonyl (C=O) groups excluding carboxylic acids is 2. The van der Waals surface area contributed by atoms with Gasteiger partial charge in [-0.05, 0) is 5.41 Å². The third-order valence-electron chi connectivity index (χ3n) is 2.18. The van der Waals surface area contributed by atoms with Crippen molar-refractivity contribution in [2.24, 2.45) is 5.41 Å². The Morgan fingerprint density at radius 3 is 1.80 bits per heavy atom. The Bertz CT molecular complexity index is 364. The maximum Gasteiger partial charge on any atom is 1.00 e. The maximum absolute atomic E-state index is 11.3. The number of ketones is 2. The Balaban J connectivity index is 0.00000196. The molecule has 1 fully saturated rings. The van der Waals surface area contributed by atoms with E-state index in [-0.39, 0.29) is 42.4 Å². The van der Waals surface area contributed by atoms with Crippen LogP contribution in [0.15, 0.2) is 0 Å². The molecule has 0 aliphatic heterocycles. The Morgan fingerprint density at radius 1 is 1.20 bits per heavy atom. The number of hydrogen-bond acceptors (Lipinski definition) is 5. The molecule has 15 heavy (non-hydrogen) atoms. The number of Topliss-reactive ketones (excluding diaryl/α,β-unsaturated/α-hetero) is 2. The molecule has 0 atom stereocenters. The van der Waals surface area contributed by atoms with Crippen LogP contribution in [0, 0.1) is 5.41 Å². The van der Waals surface area contributed by atoms with Gasteiger partial charge in [-0.1, -0.05) is 13.8 Å². The number of rotatable bonds is 1. The topological polar surface area (TPSA) is 91.3 Å². The van der Waals surface area contributed by atoms with Gasteiger partial charge in [0.1, 0.15) is 10.1 Å². The molecule has 5 nitrogen and oxygen atoms in total. The molecule has 0 N–H and O–H groups in total. The van der Waals surface area contributed by atoms with Crippen molar-refractivity contribution in [2.75, 3.05) is 0 Å². The van der Waals surface area contributed by atoms with E-state index in [2.05, 4.69) is 0 Å². The molecule has 1 aliphatic rings. The van der Waals surface area contributed by atoms with Gasteiger partial charge in [0.05, 0.1) is 0 Å². The molecule has 0 spiro atoms. The molecule has 0 saturated heterocycles. The van der Waals surface area contributed by atoms with Gasteiger partial charge in [0.15, 0.2) is 16.8 Å². The van der Waals surface area contributed by atoms with Gasteiger partial charge >= 0.3 is 29.6 Å². The Kier molecular flexibility index (Phi) is 4.71. The summed E-state index contributed by atoms with van der Waals surface area (Å²) in [6.07, 6.45) is -0.0737. The van der Waals surface area contributed by atoms with Gasteiger partial charge in [0.25, 0.3) is 0 Å². The van der Waals surface area contributed by atoms with Crippen LogP contribution in [0.25, 0.3) is 0 Å². The molecule has 1 rings (SSSR count). The average molecular weight is 242 g/mol. The minimum atomic E-state index is -4.82. The first-order valence-electron chi connectivity index (χ1n) is 4.14. The summed E-state index contributed by atoms with van der Waals surface area (Å²) in [4.78, 5) is 22.5. The molecule has 1 aliphatic carbocycles. The van der Waals surface area contributed by atoms with E-state index in [1.807, 2.05) is 0 Å². The summed E-state index contributed by atoms with van der Waals surface area (Å²) in [5.74, 6) is -1.55. The number of carbonyl (C=O) groups is 2. The van der Waals surface area contributed by atoms with E-state index in [4.69, 9.17) is 0 Å². The SMILES string of the molecule is CC1(C)CC(=O)C(S(=O)(=O)[O-])C(=O)C1.[Na+]. The molecule has 0 heterocycles. The van der Waals surface area contributed by atoms with Crippen LogP contribution in [-0.4, -0.2) is 29.8 Å². The summed E-state index contributed by atoms with van der Waals surface area (Å²) in [7, 11) is -4.82. The second-order valence-electron chi connectivity index (χ2n) is 4.32. The fraction of sp³-hybridized carbons (Fsp3) is 0.750. The van der Waals surface area contributed by atoms with Crippen LogP contribution >= 0.6 is 0 Å². The molecule has 0 aromatic rings. The predicted octanol–water partition coefficient (Wildman–Crippen LogP) is -3.14. The zero-order valence-corrected chi connectivity index (χ0v) is 11.8. The van der Waals surface area contributed by atoms with Crippen molar-refractivity contribution in [3.8, 4) is 0 Å². The van der Waals surface area contributed by atoms with Crippen molar-refractivity contribution in [1.82, 2.24) is 0 Å². The van der Waals surface area contributed by atoms with Gasteiger partial charge in [0.2, 0.25) is 0 Å².